The second-order valence-corrected chi connectivity index (χ2v) is 4.95. The lowest BCUT2D eigenvalue weighted by Gasteiger charge is -2.04. The Hall–Kier alpha value is -1.14. The monoisotopic (exact) mass is 317 g/mol. The van der Waals surface area contributed by atoms with Gasteiger partial charge in [0, 0.05) is 23.1 Å². The van der Waals surface area contributed by atoms with E-state index in [0.29, 0.717) is 16.7 Å². The molecule has 0 bridgehead atoms. The Morgan fingerprint density at radius 3 is 2.68 bits per heavy atom. The molecular weight excluding hydrogens is 305 g/mol. The van der Waals surface area contributed by atoms with Crippen LogP contribution in [-0.4, -0.2) is 17.4 Å². The number of hydrogen-bond donors (Lipinski definition) is 2. The van der Waals surface area contributed by atoms with Gasteiger partial charge in [0.2, 0.25) is 5.91 Å². The van der Waals surface area contributed by atoms with Gasteiger partial charge in [-0.3, -0.25) is 4.79 Å². The molecule has 1 amide bonds. The van der Waals surface area contributed by atoms with E-state index in [4.69, 9.17) is 11.6 Å². The fraction of sp³-hybridized carbons (Fsp3) is 0.167. The summed E-state index contributed by atoms with van der Waals surface area (Å²) in [4.78, 5) is 15.5. The maximum atomic E-state index is 11.5. The average molecular weight is 318 g/mol. The largest absolute Gasteiger partial charge is 0.304 e. The normalized spacial score (nSPS) is 9.74. The number of aromatic nitrogens is 1. The number of carbonyl (C=O) groups is 1. The van der Waals surface area contributed by atoms with E-state index in [-0.39, 0.29) is 24.9 Å². The van der Waals surface area contributed by atoms with Crippen molar-refractivity contribution in [3.05, 3.63) is 46.4 Å². The van der Waals surface area contributed by atoms with E-state index in [9.17, 15) is 4.79 Å². The molecule has 0 aliphatic rings. The van der Waals surface area contributed by atoms with E-state index in [0.717, 1.165) is 5.56 Å². The van der Waals surface area contributed by atoms with Crippen molar-refractivity contribution in [3.8, 4) is 0 Å². The van der Waals surface area contributed by atoms with Crippen molar-refractivity contribution in [3.63, 3.8) is 0 Å². The Bertz CT molecular complexity index is 502. The summed E-state index contributed by atoms with van der Waals surface area (Å²) in [6, 6.07) is 7.50. The molecule has 2 rings (SSSR count). The maximum absolute atomic E-state index is 11.5. The number of anilines is 1. The standard InChI is InChI=1S/C12H12ClN3OS.ClH/c13-10-3-1-9(2-4-10)7-14-8-11(17)16-12-15-5-6-18-12;/h1-6,14H,7-8H2,(H,15,16,17);1H. The smallest absolute Gasteiger partial charge is 0.240 e. The second kappa shape index (κ2) is 8.12. The summed E-state index contributed by atoms with van der Waals surface area (Å²) < 4.78 is 0. The molecule has 0 spiro atoms. The van der Waals surface area contributed by atoms with Crippen molar-refractivity contribution in [2.24, 2.45) is 0 Å². The lowest BCUT2D eigenvalue weighted by molar-refractivity contribution is -0.115. The van der Waals surface area contributed by atoms with Crippen LogP contribution in [-0.2, 0) is 11.3 Å². The SMILES string of the molecule is Cl.O=C(CNCc1ccc(Cl)cc1)Nc1nccs1. The molecule has 2 aromatic rings. The van der Waals surface area contributed by atoms with Crippen molar-refractivity contribution in [2.45, 2.75) is 6.54 Å². The Morgan fingerprint density at radius 1 is 1.32 bits per heavy atom. The fourth-order valence-corrected chi connectivity index (χ4v) is 2.04. The van der Waals surface area contributed by atoms with Gasteiger partial charge in [0.15, 0.2) is 5.13 Å². The molecule has 0 saturated heterocycles. The number of hydrogen-bond acceptors (Lipinski definition) is 4. The highest BCUT2D eigenvalue weighted by molar-refractivity contribution is 7.13. The van der Waals surface area contributed by atoms with Gasteiger partial charge in [0.1, 0.15) is 0 Å². The van der Waals surface area contributed by atoms with Crippen molar-refractivity contribution in [2.75, 3.05) is 11.9 Å². The Balaban J connectivity index is 0.00000180. The lowest BCUT2D eigenvalue weighted by Crippen LogP contribution is -2.27. The molecule has 0 radical (unpaired) electrons. The zero-order valence-electron chi connectivity index (χ0n) is 9.93. The van der Waals surface area contributed by atoms with Crippen LogP contribution in [0.15, 0.2) is 35.8 Å². The number of carbonyl (C=O) groups excluding carboxylic acids is 1. The van der Waals surface area contributed by atoms with E-state index in [1.807, 2.05) is 29.6 Å². The van der Waals surface area contributed by atoms with Gasteiger partial charge in [0.25, 0.3) is 0 Å². The zero-order chi connectivity index (χ0) is 12.8. The summed E-state index contributed by atoms with van der Waals surface area (Å²) in [5.41, 5.74) is 1.08. The quantitative estimate of drug-likeness (QED) is 0.891. The number of thiazole rings is 1. The average Bonchev–Trinajstić information content (AvgIpc) is 2.84. The van der Waals surface area contributed by atoms with Gasteiger partial charge in [-0.15, -0.1) is 23.7 Å². The minimum atomic E-state index is -0.0982. The fourth-order valence-electron chi connectivity index (χ4n) is 1.37. The molecule has 4 nitrogen and oxygen atoms in total. The molecule has 1 aromatic heterocycles. The third-order valence-electron chi connectivity index (χ3n) is 2.21. The summed E-state index contributed by atoms with van der Waals surface area (Å²) in [5, 5.41) is 8.90. The first-order valence-corrected chi connectivity index (χ1v) is 6.64. The van der Waals surface area contributed by atoms with Gasteiger partial charge in [-0.2, -0.15) is 0 Å². The third kappa shape index (κ3) is 5.57. The highest BCUT2D eigenvalue weighted by Crippen LogP contribution is 2.10. The van der Waals surface area contributed by atoms with Crippen LogP contribution in [0.4, 0.5) is 5.13 Å². The van der Waals surface area contributed by atoms with Crippen LogP contribution in [0.5, 0.6) is 0 Å². The summed E-state index contributed by atoms with van der Waals surface area (Å²) in [6.45, 7) is 0.880. The lowest BCUT2D eigenvalue weighted by atomic mass is 10.2. The first-order chi connectivity index (χ1) is 8.74. The molecular formula is C12H13Cl2N3OS. The minimum absolute atomic E-state index is 0. The molecule has 102 valence electrons. The summed E-state index contributed by atoms with van der Waals surface area (Å²) in [6.07, 6.45) is 1.65. The molecule has 0 fully saturated rings. The highest BCUT2D eigenvalue weighted by atomic mass is 35.5. The number of halogens is 2. The number of nitrogens with zero attached hydrogens (tertiary/aromatic N) is 1. The van der Waals surface area contributed by atoms with Gasteiger partial charge in [-0.05, 0) is 17.7 Å². The number of amides is 1. The Morgan fingerprint density at radius 2 is 2.05 bits per heavy atom. The Labute approximate surface area is 126 Å². The van der Waals surface area contributed by atoms with Crippen LogP contribution in [0.1, 0.15) is 5.56 Å². The number of benzene rings is 1. The van der Waals surface area contributed by atoms with Gasteiger partial charge < -0.3 is 10.6 Å². The van der Waals surface area contributed by atoms with Crippen LogP contribution >= 0.6 is 35.3 Å². The third-order valence-corrected chi connectivity index (χ3v) is 3.15. The van der Waals surface area contributed by atoms with E-state index in [1.165, 1.54) is 11.3 Å². The zero-order valence-corrected chi connectivity index (χ0v) is 12.3. The van der Waals surface area contributed by atoms with Crippen molar-refractivity contribution in [1.29, 1.82) is 0 Å². The van der Waals surface area contributed by atoms with Crippen molar-refractivity contribution in [1.82, 2.24) is 10.3 Å². The van der Waals surface area contributed by atoms with Crippen LogP contribution in [0, 0.1) is 0 Å². The molecule has 19 heavy (non-hydrogen) atoms. The maximum Gasteiger partial charge on any atom is 0.240 e. The van der Waals surface area contributed by atoms with E-state index in [1.54, 1.807) is 6.20 Å². The first-order valence-electron chi connectivity index (χ1n) is 5.38. The van der Waals surface area contributed by atoms with Crippen LogP contribution < -0.4 is 10.6 Å². The van der Waals surface area contributed by atoms with Crippen LogP contribution in [0.2, 0.25) is 5.02 Å². The first kappa shape index (κ1) is 15.9. The Kier molecular flexibility index (Phi) is 6.80. The predicted molar refractivity (Wildman–Crippen MR) is 81.2 cm³/mol. The van der Waals surface area contributed by atoms with Crippen LogP contribution in [0.3, 0.4) is 0 Å². The molecule has 1 aromatic carbocycles. The molecule has 0 saturated carbocycles. The summed E-state index contributed by atoms with van der Waals surface area (Å²) in [5.74, 6) is -0.0982. The molecule has 2 N–H and O–H groups in total. The van der Waals surface area contributed by atoms with Crippen LogP contribution in [0.25, 0.3) is 0 Å². The highest BCUT2D eigenvalue weighted by Gasteiger charge is 2.03. The summed E-state index contributed by atoms with van der Waals surface area (Å²) in [7, 11) is 0. The van der Waals surface area contributed by atoms with Gasteiger partial charge >= 0.3 is 0 Å². The molecule has 7 heteroatoms. The van der Waals surface area contributed by atoms with Crippen molar-refractivity contribution < 1.29 is 4.79 Å². The number of rotatable bonds is 5. The minimum Gasteiger partial charge on any atom is -0.304 e. The van der Waals surface area contributed by atoms with E-state index >= 15 is 0 Å². The summed E-state index contributed by atoms with van der Waals surface area (Å²) >= 11 is 7.18. The van der Waals surface area contributed by atoms with Gasteiger partial charge in [-0.25, -0.2) is 4.98 Å². The number of nitrogens with one attached hydrogen (secondary N) is 2. The second-order valence-electron chi connectivity index (χ2n) is 3.62. The van der Waals surface area contributed by atoms with E-state index in [2.05, 4.69) is 15.6 Å². The molecule has 1 heterocycles. The molecule has 0 atom stereocenters. The van der Waals surface area contributed by atoms with Gasteiger partial charge in [0.05, 0.1) is 6.54 Å². The molecule has 0 unspecified atom stereocenters. The van der Waals surface area contributed by atoms with Gasteiger partial charge in [-0.1, -0.05) is 23.7 Å². The van der Waals surface area contributed by atoms with E-state index < -0.39 is 0 Å². The van der Waals surface area contributed by atoms with Crippen molar-refractivity contribution >= 4 is 46.4 Å². The topological polar surface area (TPSA) is 54.0 Å². The molecule has 0 aliphatic carbocycles. The predicted octanol–water partition coefficient (Wildman–Crippen LogP) is 2.95. The molecule has 0 aliphatic heterocycles.